The minimum Gasteiger partial charge on any atom is -0.473 e. The summed E-state index contributed by atoms with van der Waals surface area (Å²) in [6.07, 6.45) is 0. The number of aromatic nitrogens is 3. The van der Waals surface area contributed by atoms with Crippen molar-refractivity contribution >= 4 is 57.3 Å². The Balaban J connectivity index is 0.000000355. The lowest BCUT2D eigenvalue weighted by atomic mass is 10.3. The lowest BCUT2D eigenvalue weighted by molar-refractivity contribution is -0.159. The molecule has 3 heterocycles. The van der Waals surface area contributed by atoms with Gasteiger partial charge in [-0.2, -0.15) is 0 Å². The highest BCUT2D eigenvalue weighted by atomic mass is 32.1. The lowest BCUT2D eigenvalue weighted by Crippen LogP contribution is -2.48. The van der Waals surface area contributed by atoms with Crippen molar-refractivity contribution in [1.29, 1.82) is 0 Å². The molecule has 6 N–H and O–H groups in total. The van der Waals surface area contributed by atoms with Crippen LogP contribution < -0.4 is 5.32 Å². The van der Waals surface area contributed by atoms with Crippen molar-refractivity contribution in [2.45, 2.75) is 13.5 Å². The third kappa shape index (κ3) is 10.3. The number of carbonyl (C=O) groups excluding carboxylic acids is 1. The number of carboxylic acids is 4. The molecule has 1 amide bonds. The number of piperazine rings is 1. The van der Waals surface area contributed by atoms with Gasteiger partial charge in [-0.1, -0.05) is 12.1 Å². The molecule has 1 fully saturated rings. The monoisotopic (exact) mass is 550 g/mol. The van der Waals surface area contributed by atoms with Gasteiger partial charge in [0.15, 0.2) is 5.13 Å². The summed E-state index contributed by atoms with van der Waals surface area (Å²) in [6, 6.07) is 8.09. The van der Waals surface area contributed by atoms with E-state index in [9.17, 15) is 4.79 Å². The molecule has 2 aromatic heterocycles. The van der Waals surface area contributed by atoms with E-state index >= 15 is 0 Å². The van der Waals surface area contributed by atoms with Crippen molar-refractivity contribution < 1.29 is 44.4 Å². The van der Waals surface area contributed by atoms with Crippen LogP contribution in [0.2, 0.25) is 0 Å². The summed E-state index contributed by atoms with van der Waals surface area (Å²) in [5, 5.41) is 35.1. The van der Waals surface area contributed by atoms with Crippen LogP contribution in [0.3, 0.4) is 0 Å². The first-order chi connectivity index (χ1) is 17.9. The molecule has 15 nitrogen and oxygen atoms in total. The molecule has 0 bridgehead atoms. The number of thiazole rings is 1. The van der Waals surface area contributed by atoms with Gasteiger partial charge in [0.05, 0.1) is 29.8 Å². The van der Waals surface area contributed by atoms with Crippen molar-refractivity contribution in [2.24, 2.45) is 0 Å². The molecule has 4 rings (SSSR count). The van der Waals surface area contributed by atoms with E-state index in [2.05, 4.69) is 30.1 Å². The number of rotatable bonds is 5. The Labute approximate surface area is 219 Å². The van der Waals surface area contributed by atoms with E-state index in [0.29, 0.717) is 11.7 Å². The number of H-pyrrole nitrogens is 1. The van der Waals surface area contributed by atoms with E-state index < -0.39 is 23.9 Å². The Hall–Kier alpha value is -4.41. The number of amides is 1. The highest BCUT2D eigenvalue weighted by Gasteiger charge is 2.20. The van der Waals surface area contributed by atoms with E-state index in [4.69, 9.17) is 39.6 Å². The molecular weight excluding hydrogens is 524 g/mol. The number of aromatic amines is 1. The van der Waals surface area contributed by atoms with Crippen molar-refractivity contribution in [2.75, 3.05) is 38.0 Å². The molecule has 1 saturated heterocycles. The molecule has 0 radical (unpaired) electrons. The summed E-state index contributed by atoms with van der Waals surface area (Å²) < 4.78 is 0. The number of imidazole rings is 1. The fraction of sp³-hybridized carbons (Fsp3) is 0.318. The van der Waals surface area contributed by atoms with Crippen LogP contribution in [0.25, 0.3) is 11.0 Å². The average molecular weight is 551 g/mol. The molecule has 16 heteroatoms. The maximum Gasteiger partial charge on any atom is 0.414 e. The average Bonchev–Trinajstić information content (AvgIpc) is 3.45. The number of hydrogen-bond acceptors (Lipinski definition) is 10. The van der Waals surface area contributed by atoms with E-state index in [-0.39, 0.29) is 5.91 Å². The van der Waals surface area contributed by atoms with Crippen LogP contribution in [-0.2, 0) is 30.5 Å². The van der Waals surface area contributed by atoms with Crippen LogP contribution in [0.5, 0.6) is 0 Å². The number of carbonyl (C=O) groups is 5. The van der Waals surface area contributed by atoms with Crippen LogP contribution >= 0.6 is 11.3 Å². The van der Waals surface area contributed by atoms with Gasteiger partial charge in [0.2, 0.25) is 5.91 Å². The topological polar surface area (TPSA) is 226 Å². The second-order valence-electron chi connectivity index (χ2n) is 7.82. The lowest BCUT2D eigenvalue weighted by Gasteiger charge is -2.33. The quantitative estimate of drug-likeness (QED) is 0.237. The Morgan fingerprint density at radius 1 is 0.895 bits per heavy atom. The largest absolute Gasteiger partial charge is 0.473 e. The Bertz CT molecular complexity index is 1200. The van der Waals surface area contributed by atoms with E-state index in [1.165, 1.54) is 11.3 Å². The van der Waals surface area contributed by atoms with Gasteiger partial charge in [0.1, 0.15) is 5.82 Å². The Morgan fingerprint density at radius 3 is 1.95 bits per heavy atom. The van der Waals surface area contributed by atoms with E-state index in [1.54, 1.807) is 0 Å². The standard InChI is InChI=1S/C18H22N6OS.2C2H2O4/c1-13-12-26-18(19-13)22-17(25)11-24-8-6-23(7-9-24)10-16-20-14-4-2-3-5-15(14)21-16;2*3-1(4)2(5)6/h2-5,12H,6-11H2,1H3,(H,20,21)(H,19,22,25);2*(H,3,4)(H,5,6). The molecule has 204 valence electrons. The number of para-hydroxylation sites is 2. The van der Waals surface area contributed by atoms with Gasteiger partial charge in [-0.05, 0) is 19.1 Å². The second kappa shape index (κ2) is 14.4. The highest BCUT2D eigenvalue weighted by molar-refractivity contribution is 7.13. The zero-order chi connectivity index (χ0) is 28.2. The number of nitrogens with one attached hydrogen (secondary N) is 2. The minimum absolute atomic E-state index is 0.00471. The fourth-order valence-electron chi connectivity index (χ4n) is 3.17. The molecule has 0 saturated carbocycles. The smallest absolute Gasteiger partial charge is 0.414 e. The van der Waals surface area contributed by atoms with Gasteiger partial charge in [0.25, 0.3) is 0 Å². The molecule has 1 aromatic carbocycles. The predicted octanol–water partition coefficient (Wildman–Crippen LogP) is 0.395. The number of aliphatic carboxylic acids is 4. The number of benzene rings is 1. The summed E-state index contributed by atoms with van der Waals surface area (Å²) >= 11 is 1.46. The van der Waals surface area contributed by atoms with Gasteiger partial charge >= 0.3 is 23.9 Å². The third-order valence-corrected chi connectivity index (χ3v) is 5.75. The molecule has 0 atom stereocenters. The van der Waals surface area contributed by atoms with Crippen molar-refractivity contribution in [3.8, 4) is 0 Å². The molecule has 38 heavy (non-hydrogen) atoms. The SMILES string of the molecule is Cc1csc(NC(=O)CN2CCN(Cc3nc4ccccc4[nH]3)CC2)n1.O=C(O)C(=O)O.O=C(O)C(=O)O. The number of nitrogens with zero attached hydrogens (tertiary/aromatic N) is 4. The van der Waals surface area contributed by atoms with Crippen molar-refractivity contribution in [1.82, 2.24) is 24.8 Å². The number of aryl methyl sites for hydroxylation is 1. The molecule has 0 aliphatic carbocycles. The van der Waals surface area contributed by atoms with Crippen molar-refractivity contribution in [3.63, 3.8) is 0 Å². The van der Waals surface area contributed by atoms with Crippen LogP contribution in [0, 0.1) is 6.92 Å². The number of hydrogen-bond donors (Lipinski definition) is 6. The highest BCUT2D eigenvalue weighted by Crippen LogP contribution is 2.15. The summed E-state index contributed by atoms with van der Waals surface area (Å²) in [5.74, 6) is -6.29. The third-order valence-electron chi connectivity index (χ3n) is 4.88. The molecular formula is C22H26N6O9S. The fourth-order valence-corrected chi connectivity index (χ4v) is 3.88. The zero-order valence-corrected chi connectivity index (χ0v) is 21.0. The summed E-state index contributed by atoms with van der Waals surface area (Å²) in [7, 11) is 0. The van der Waals surface area contributed by atoms with E-state index in [1.807, 2.05) is 36.6 Å². The maximum atomic E-state index is 12.1. The maximum absolute atomic E-state index is 12.1. The van der Waals surface area contributed by atoms with E-state index in [0.717, 1.165) is 55.3 Å². The summed E-state index contributed by atoms with van der Waals surface area (Å²) in [4.78, 5) is 65.4. The van der Waals surface area contributed by atoms with Gasteiger partial charge in [-0.15, -0.1) is 11.3 Å². The van der Waals surface area contributed by atoms with Gasteiger partial charge in [0, 0.05) is 31.6 Å². The van der Waals surface area contributed by atoms with Crippen LogP contribution in [-0.4, -0.2) is 108 Å². The minimum atomic E-state index is -1.82. The van der Waals surface area contributed by atoms with Gasteiger partial charge in [-0.3, -0.25) is 14.6 Å². The Kier molecular flexibility index (Phi) is 11.3. The van der Waals surface area contributed by atoms with Crippen molar-refractivity contribution in [3.05, 3.63) is 41.2 Å². The van der Waals surface area contributed by atoms with Crippen LogP contribution in [0.1, 0.15) is 11.5 Å². The van der Waals surface area contributed by atoms with Gasteiger partial charge in [-0.25, -0.2) is 29.1 Å². The first-order valence-electron chi connectivity index (χ1n) is 11.0. The van der Waals surface area contributed by atoms with Crippen LogP contribution in [0.15, 0.2) is 29.6 Å². The molecule has 1 aliphatic heterocycles. The molecule has 0 spiro atoms. The zero-order valence-electron chi connectivity index (χ0n) is 20.2. The number of anilines is 1. The summed E-state index contributed by atoms with van der Waals surface area (Å²) in [6.45, 7) is 6.77. The molecule has 0 unspecified atom stereocenters. The first-order valence-corrected chi connectivity index (χ1v) is 11.8. The first kappa shape index (κ1) is 29.8. The normalized spacial score (nSPS) is 13.4. The number of carboxylic acid groups (broad SMARTS) is 4. The predicted molar refractivity (Wildman–Crippen MR) is 134 cm³/mol. The van der Waals surface area contributed by atoms with Crippen LogP contribution in [0.4, 0.5) is 5.13 Å². The number of fused-ring (bicyclic) bond motifs is 1. The Morgan fingerprint density at radius 2 is 1.45 bits per heavy atom. The molecule has 3 aromatic rings. The second-order valence-corrected chi connectivity index (χ2v) is 8.67. The molecule has 1 aliphatic rings. The van der Waals surface area contributed by atoms with Gasteiger partial charge < -0.3 is 30.7 Å². The summed E-state index contributed by atoms with van der Waals surface area (Å²) in [5.41, 5.74) is 3.02.